The van der Waals surface area contributed by atoms with Crippen molar-refractivity contribution in [1.29, 1.82) is 0 Å². The van der Waals surface area contributed by atoms with Crippen molar-refractivity contribution >= 4 is 11.8 Å². The molecule has 6 nitrogen and oxygen atoms in total. The molecule has 3 heterocycles. The van der Waals surface area contributed by atoms with Crippen molar-refractivity contribution in [2.24, 2.45) is 0 Å². The van der Waals surface area contributed by atoms with Crippen molar-refractivity contribution in [2.75, 3.05) is 18.0 Å². The van der Waals surface area contributed by atoms with Crippen LogP contribution in [-0.4, -0.2) is 39.2 Å². The molecule has 144 valence electrons. The van der Waals surface area contributed by atoms with E-state index in [1.165, 1.54) is 15.9 Å². The van der Waals surface area contributed by atoms with Gasteiger partial charge in [-0.05, 0) is 29.8 Å². The molecule has 0 spiro atoms. The van der Waals surface area contributed by atoms with Crippen LogP contribution in [0.15, 0.2) is 55.0 Å². The Morgan fingerprint density at radius 2 is 1.93 bits per heavy atom. The number of carbonyl (C=O) groups is 1. The summed E-state index contributed by atoms with van der Waals surface area (Å²) in [5, 5.41) is 6.61. The van der Waals surface area contributed by atoms with Crippen LogP contribution in [-0.2, 0) is 12.7 Å². The number of hydrogen-bond donors (Lipinski definition) is 1. The molecule has 2 aromatic heterocycles. The van der Waals surface area contributed by atoms with Gasteiger partial charge in [-0.2, -0.15) is 18.3 Å². The van der Waals surface area contributed by atoms with Gasteiger partial charge in [-0.3, -0.25) is 10.00 Å². The van der Waals surface area contributed by atoms with E-state index >= 15 is 0 Å². The average molecular weight is 387 g/mol. The number of nitrogens with one attached hydrogen (secondary N) is 1. The molecule has 0 aliphatic carbocycles. The Bertz CT molecular complexity index is 970. The van der Waals surface area contributed by atoms with E-state index in [9.17, 15) is 18.0 Å². The molecule has 1 N–H and O–H groups in total. The Hall–Kier alpha value is -3.36. The molecule has 2 amide bonds. The highest BCUT2D eigenvalue weighted by atomic mass is 19.4. The predicted octanol–water partition coefficient (Wildman–Crippen LogP) is 3.93. The number of aromatic amines is 1. The third-order valence-electron chi connectivity index (χ3n) is 4.58. The largest absolute Gasteiger partial charge is 0.416 e. The van der Waals surface area contributed by atoms with Crippen molar-refractivity contribution in [3.05, 3.63) is 66.1 Å². The van der Waals surface area contributed by atoms with E-state index in [0.29, 0.717) is 24.5 Å². The molecule has 0 radical (unpaired) electrons. The first kappa shape index (κ1) is 18.0. The van der Waals surface area contributed by atoms with Gasteiger partial charge in [0.15, 0.2) is 0 Å². The van der Waals surface area contributed by atoms with Crippen molar-refractivity contribution in [3.63, 3.8) is 0 Å². The van der Waals surface area contributed by atoms with Crippen LogP contribution in [0.25, 0.3) is 11.1 Å². The number of H-pyrrole nitrogens is 1. The lowest BCUT2D eigenvalue weighted by Crippen LogP contribution is -2.32. The molecule has 0 atom stereocenters. The molecule has 1 aliphatic rings. The van der Waals surface area contributed by atoms with Gasteiger partial charge in [0, 0.05) is 43.2 Å². The smallest absolute Gasteiger partial charge is 0.318 e. The van der Waals surface area contributed by atoms with Gasteiger partial charge in [0.25, 0.3) is 0 Å². The van der Waals surface area contributed by atoms with E-state index in [1.807, 2.05) is 6.07 Å². The summed E-state index contributed by atoms with van der Waals surface area (Å²) in [5.41, 5.74) is 1.47. The molecule has 1 saturated heterocycles. The van der Waals surface area contributed by atoms with Gasteiger partial charge in [0.2, 0.25) is 0 Å². The molecule has 0 unspecified atom stereocenters. The number of benzene rings is 1. The highest BCUT2D eigenvalue weighted by Crippen LogP contribution is 2.30. The summed E-state index contributed by atoms with van der Waals surface area (Å²) >= 11 is 0. The minimum absolute atomic E-state index is 0.117. The maximum atomic E-state index is 12.9. The van der Waals surface area contributed by atoms with Crippen LogP contribution >= 0.6 is 0 Å². The maximum Gasteiger partial charge on any atom is 0.416 e. The van der Waals surface area contributed by atoms with Crippen molar-refractivity contribution in [2.45, 2.75) is 12.7 Å². The molecule has 1 aromatic carbocycles. The first-order valence-electron chi connectivity index (χ1n) is 8.59. The van der Waals surface area contributed by atoms with E-state index in [1.54, 1.807) is 30.7 Å². The van der Waals surface area contributed by atoms with Crippen LogP contribution in [0.4, 0.5) is 23.8 Å². The Kier molecular flexibility index (Phi) is 4.50. The molecule has 4 rings (SSSR count). The summed E-state index contributed by atoms with van der Waals surface area (Å²) in [7, 11) is 0. The van der Waals surface area contributed by atoms with Crippen molar-refractivity contribution < 1.29 is 18.0 Å². The molecular formula is C19H16F3N5O. The SMILES string of the molecule is O=C1N(Cc2cccc(C(F)(F)F)c2)CCN1c1ccc(-c2cn[nH]c2)cn1. The number of amides is 2. The summed E-state index contributed by atoms with van der Waals surface area (Å²) in [5.74, 6) is 0.504. The summed E-state index contributed by atoms with van der Waals surface area (Å²) < 4.78 is 38.6. The Labute approximate surface area is 158 Å². The number of halogens is 3. The summed E-state index contributed by atoms with van der Waals surface area (Å²) in [4.78, 5) is 20.1. The van der Waals surface area contributed by atoms with Gasteiger partial charge < -0.3 is 4.90 Å². The van der Waals surface area contributed by atoms with Gasteiger partial charge in [-0.25, -0.2) is 9.78 Å². The van der Waals surface area contributed by atoms with Crippen LogP contribution in [0.5, 0.6) is 0 Å². The second-order valence-corrected chi connectivity index (χ2v) is 6.45. The first-order valence-corrected chi connectivity index (χ1v) is 8.59. The fourth-order valence-electron chi connectivity index (χ4n) is 3.13. The summed E-state index contributed by atoms with van der Waals surface area (Å²) in [6.07, 6.45) is 0.670. The number of carbonyl (C=O) groups excluding carboxylic acids is 1. The highest BCUT2D eigenvalue weighted by molar-refractivity contribution is 5.93. The number of rotatable bonds is 4. The lowest BCUT2D eigenvalue weighted by atomic mass is 10.1. The van der Waals surface area contributed by atoms with E-state index in [-0.39, 0.29) is 12.6 Å². The van der Waals surface area contributed by atoms with Gasteiger partial charge in [0.1, 0.15) is 5.82 Å². The molecule has 9 heteroatoms. The van der Waals surface area contributed by atoms with Crippen LogP contribution in [0.1, 0.15) is 11.1 Å². The number of hydrogen-bond acceptors (Lipinski definition) is 3. The Morgan fingerprint density at radius 3 is 2.61 bits per heavy atom. The van der Waals surface area contributed by atoms with Crippen LogP contribution in [0.2, 0.25) is 0 Å². The molecule has 0 bridgehead atoms. The zero-order chi connectivity index (χ0) is 19.7. The number of nitrogens with zero attached hydrogens (tertiary/aromatic N) is 4. The van der Waals surface area contributed by atoms with Gasteiger partial charge in [0.05, 0.1) is 11.8 Å². The molecule has 28 heavy (non-hydrogen) atoms. The minimum atomic E-state index is -4.41. The minimum Gasteiger partial charge on any atom is -0.318 e. The number of aromatic nitrogens is 3. The average Bonchev–Trinajstić information content (AvgIpc) is 3.33. The van der Waals surface area contributed by atoms with Gasteiger partial charge in [-0.15, -0.1) is 0 Å². The van der Waals surface area contributed by atoms with Crippen LogP contribution in [0, 0.1) is 0 Å². The van der Waals surface area contributed by atoms with Crippen LogP contribution in [0.3, 0.4) is 0 Å². The third-order valence-corrected chi connectivity index (χ3v) is 4.58. The standard InChI is InChI=1S/C19H16F3N5O/c20-19(21,22)16-3-1-2-13(8-16)12-26-6-7-27(18(26)28)17-5-4-14(9-23-17)15-10-24-25-11-15/h1-5,8-11H,6-7,12H2,(H,24,25). The number of urea groups is 1. The number of pyridine rings is 1. The lowest BCUT2D eigenvalue weighted by Gasteiger charge is -2.19. The maximum absolute atomic E-state index is 12.9. The number of alkyl halides is 3. The topological polar surface area (TPSA) is 65.1 Å². The Morgan fingerprint density at radius 1 is 1.07 bits per heavy atom. The molecule has 3 aromatic rings. The van der Waals surface area contributed by atoms with E-state index in [0.717, 1.165) is 23.3 Å². The van der Waals surface area contributed by atoms with Gasteiger partial charge >= 0.3 is 12.2 Å². The van der Waals surface area contributed by atoms with E-state index < -0.39 is 11.7 Å². The quantitative estimate of drug-likeness (QED) is 0.738. The van der Waals surface area contributed by atoms with Crippen molar-refractivity contribution in [1.82, 2.24) is 20.1 Å². The fraction of sp³-hybridized carbons (Fsp3) is 0.211. The van der Waals surface area contributed by atoms with Gasteiger partial charge in [-0.1, -0.05) is 12.1 Å². The second-order valence-electron chi connectivity index (χ2n) is 6.45. The normalized spacial score (nSPS) is 14.8. The fourth-order valence-corrected chi connectivity index (χ4v) is 3.13. The summed E-state index contributed by atoms with van der Waals surface area (Å²) in [6, 6.07) is 8.35. The highest BCUT2D eigenvalue weighted by Gasteiger charge is 2.32. The molecule has 1 fully saturated rings. The number of anilines is 1. The lowest BCUT2D eigenvalue weighted by molar-refractivity contribution is -0.137. The third kappa shape index (κ3) is 3.55. The molecule has 1 aliphatic heterocycles. The van der Waals surface area contributed by atoms with E-state index in [2.05, 4.69) is 15.2 Å². The molecule has 0 saturated carbocycles. The molecular weight excluding hydrogens is 371 g/mol. The second kappa shape index (κ2) is 6.99. The Balaban J connectivity index is 1.47. The zero-order valence-corrected chi connectivity index (χ0v) is 14.6. The predicted molar refractivity (Wildman–Crippen MR) is 96.4 cm³/mol. The van der Waals surface area contributed by atoms with E-state index in [4.69, 9.17) is 0 Å². The van der Waals surface area contributed by atoms with Crippen LogP contribution < -0.4 is 4.90 Å². The first-order chi connectivity index (χ1) is 13.4. The summed E-state index contributed by atoms with van der Waals surface area (Å²) in [6.45, 7) is 0.961. The monoisotopic (exact) mass is 387 g/mol. The van der Waals surface area contributed by atoms with Crippen molar-refractivity contribution in [3.8, 4) is 11.1 Å². The zero-order valence-electron chi connectivity index (χ0n) is 14.6.